The molecule has 7 rings (SSSR count). The van der Waals surface area contributed by atoms with Gasteiger partial charge in [-0.25, -0.2) is 0 Å². The van der Waals surface area contributed by atoms with Crippen molar-refractivity contribution in [2.24, 2.45) is 0 Å². The third-order valence-electron chi connectivity index (χ3n) is 11.4. The van der Waals surface area contributed by atoms with Crippen LogP contribution in [-0.4, -0.2) is 0 Å². The summed E-state index contributed by atoms with van der Waals surface area (Å²) in [6, 6.07) is 51.2. The zero-order valence-corrected chi connectivity index (χ0v) is 34.7. The minimum absolute atomic E-state index is 0.0519. The van der Waals surface area contributed by atoms with Crippen molar-refractivity contribution >= 4 is 21.5 Å². The Morgan fingerprint density at radius 1 is 0.241 bits per heavy atom. The van der Waals surface area contributed by atoms with Crippen molar-refractivity contribution < 1.29 is 0 Å². The van der Waals surface area contributed by atoms with E-state index in [0.717, 1.165) is 0 Å². The van der Waals surface area contributed by atoms with E-state index in [2.05, 4.69) is 217 Å². The molecular formula is C54H58. The second-order valence-corrected chi connectivity index (χ2v) is 19.6. The van der Waals surface area contributed by atoms with E-state index in [0.29, 0.717) is 0 Å². The molecule has 0 aliphatic carbocycles. The van der Waals surface area contributed by atoms with Crippen molar-refractivity contribution in [3.8, 4) is 44.5 Å². The maximum atomic E-state index is 2.42. The van der Waals surface area contributed by atoms with Gasteiger partial charge in [-0.05, 0) is 122 Å². The quantitative estimate of drug-likeness (QED) is 0.160. The number of hydrogen-bond acceptors (Lipinski definition) is 0. The lowest BCUT2D eigenvalue weighted by molar-refractivity contribution is 0.590. The molecule has 0 nitrogen and oxygen atoms in total. The first-order valence-electron chi connectivity index (χ1n) is 19.8. The molecule has 0 atom stereocenters. The van der Waals surface area contributed by atoms with Gasteiger partial charge in [0.15, 0.2) is 0 Å². The van der Waals surface area contributed by atoms with E-state index in [9.17, 15) is 0 Å². The first-order chi connectivity index (χ1) is 25.3. The molecule has 7 aromatic rings. The van der Waals surface area contributed by atoms with E-state index in [4.69, 9.17) is 0 Å². The fourth-order valence-electron chi connectivity index (χ4n) is 7.71. The van der Waals surface area contributed by atoms with Gasteiger partial charge >= 0.3 is 0 Å². The normalized spacial score (nSPS) is 12.8. The molecule has 0 N–H and O–H groups in total. The van der Waals surface area contributed by atoms with E-state index in [1.54, 1.807) is 0 Å². The van der Waals surface area contributed by atoms with Crippen LogP contribution in [0.3, 0.4) is 0 Å². The smallest absolute Gasteiger partial charge is 0.0102 e. The molecule has 0 spiro atoms. The number of fused-ring (bicyclic) bond motifs is 3. The minimum Gasteiger partial charge on any atom is -0.0579 e. The van der Waals surface area contributed by atoms with Crippen molar-refractivity contribution in [2.75, 3.05) is 0 Å². The number of rotatable bonds is 4. The van der Waals surface area contributed by atoms with Crippen LogP contribution >= 0.6 is 0 Å². The Bertz CT molecular complexity index is 2300. The van der Waals surface area contributed by atoms with E-state index in [1.165, 1.54) is 88.3 Å². The van der Waals surface area contributed by atoms with Crippen molar-refractivity contribution in [2.45, 2.75) is 105 Å². The zero-order chi connectivity index (χ0) is 38.8. The van der Waals surface area contributed by atoms with Gasteiger partial charge in [0.25, 0.3) is 0 Å². The molecule has 0 amide bonds. The molecule has 54 heavy (non-hydrogen) atoms. The van der Waals surface area contributed by atoms with Crippen molar-refractivity contribution in [1.82, 2.24) is 0 Å². The Labute approximate surface area is 325 Å². The van der Waals surface area contributed by atoms with Crippen LogP contribution in [0.1, 0.15) is 105 Å². The average Bonchev–Trinajstić information content (AvgIpc) is 3.12. The second kappa shape index (κ2) is 13.4. The lowest BCUT2D eigenvalue weighted by Crippen LogP contribution is -2.11. The summed E-state index contributed by atoms with van der Waals surface area (Å²) >= 11 is 0. The van der Waals surface area contributed by atoms with Gasteiger partial charge in [-0.15, -0.1) is 0 Å². The zero-order valence-electron chi connectivity index (χ0n) is 34.7. The molecule has 0 radical (unpaired) electrons. The summed E-state index contributed by atoms with van der Waals surface area (Å²) in [5.41, 5.74) is 15.9. The first kappa shape index (κ1) is 37.4. The maximum Gasteiger partial charge on any atom is -0.0102 e. The van der Waals surface area contributed by atoms with Crippen molar-refractivity contribution in [3.05, 3.63) is 156 Å². The van der Waals surface area contributed by atoms with E-state index in [-0.39, 0.29) is 21.7 Å². The molecule has 0 heteroatoms. The largest absolute Gasteiger partial charge is 0.0579 e. The third-order valence-corrected chi connectivity index (χ3v) is 11.4. The van der Waals surface area contributed by atoms with E-state index < -0.39 is 0 Å². The molecule has 0 saturated carbocycles. The second-order valence-electron chi connectivity index (χ2n) is 19.6. The molecule has 274 valence electrons. The summed E-state index contributed by atoms with van der Waals surface area (Å²) in [4.78, 5) is 0. The summed E-state index contributed by atoms with van der Waals surface area (Å²) in [5.74, 6) is 0. The highest BCUT2D eigenvalue weighted by atomic mass is 14.3. The molecule has 0 aliphatic rings. The van der Waals surface area contributed by atoms with Gasteiger partial charge in [0.2, 0.25) is 0 Å². The van der Waals surface area contributed by atoms with Gasteiger partial charge in [0, 0.05) is 0 Å². The van der Waals surface area contributed by atoms with Gasteiger partial charge in [-0.1, -0.05) is 204 Å². The van der Waals surface area contributed by atoms with Gasteiger partial charge < -0.3 is 0 Å². The predicted molar refractivity (Wildman–Crippen MR) is 238 cm³/mol. The Kier molecular flexibility index (Phi) is 9.29. The van der Waals surface area contributed by atoms with Gasteiger partial charge in [-0.2, -0.15) is 0 Å². The van der Waals surface area contributed by atoms with Crippen molar-refractivity contribution in [3.63, 3.8) is 0 Å². The van der Waals surface area contributed by atoms with Crippen LogP contribution in [0.2, 0.25) is 0 Å². The molecular weight excluding hydrogens is 649 g/mol. The Hall–Kier alpha value is -4.94. The first-order valence-corrected chi connectivity index (χ1v) is 19.8. The summed E-state index contributed by atoms with van der Waals surface area (Å²) in [7, 11) is 0. The highest BCUT2D eigenvalue weighted by Gasteiger charge is 2.21. The Morgan fingerprint density at radius 3 is 0.852 bits per heavy atom. The highest BCUT2D eigenvalue weighted by molar-refractivity contribution is 6.10. The summed E-state index contributed by atoms with van der Waals surface area (Å²) in [6.07, 6.45) is 0. The van der Waals surface area contributed by atoms with Gasteiger partial charge in [0.05, 0.1) is 0 Å². The fourth-order valence-corrected chi connectivity index (χ4v) is 7.71. The molecule has 7 aromatic carbocycles. The third kappa shape index (κ3) is 7.41. The minimum atomic E-state index is 0.0519. The summed E-state index contributed by atoms with van der Waals surface area (Å²) in [5, 5.41) is 5.09. The summed E-state index contributed by atoms with van der Waals surface area (Å²) < 4.78 is 0. The van der Waals surface area contributed by atoms with Crippen LogP contribution in [0.25, 0.3) is 66.1 Å². The topological polar surface area (TPSA) is 0 Å². The number of hydrogen-bond donors (Lipinski definition) is 0. The van der Waals surface area contributed by atoms with Crippen LogP contribution in [0.5, 0.6) is 0 Å². The van der Waals surface area contributed by atoms with Crippen LogP contribution < -0.4 is 0 Å². The summed E-state index contributed by atoms with van der Waals surface area (Å²) in [6.45, 7) is 27.5. The molecule has 0 aromatic heterocycles. The maximum absolute atomic E-state index is 2.42. The molecule has 0 heterocycles. The average molecular weight is 707 g/mol. The highest BCUT2D eigenvalue weighted by Crippen LogP contribution is 2.41. The molecule has 0 aliphatic heterocycles. The molecule has 0 saturated heterocycles. The number of benzene rings is 7. The lowest BCUT2D eigenvalue weighted by Gasteiger charge is -2.23. The lowest BCUT2D eigenvalue weighted by atomic mass is 9.81. The van der Waals surface area contributed by atoms with Gasteiger partial charge in [0.1, 0.15) is 0 Å². The molecule has 0 bridgehead atoms. The molecule has 0 unspecified atom stereocenters. The van der Waals surface area contributed by atoms with Gasteiger partial charge in [-0.3, -0.25) is 0 Å². The Morgan fingerprint density at radius 2 is 0.537 bits per heavy atom. The van der Waals surface area contributed by atoms with Crippen molar-refractivity contribution in [1.29, 1.82) is 0 Å². The molecule has 0 fully saturated rings. The van der Waals surface area contributed by atoms with Crippen LogP contribution in [0.15, 0.2) is 133 Å². The van der Waals surface area contributed by atoms with E-state index >= 15 is 0 Å². The SMILES string of the molecule is CC(C)(C)c1ccc(-c2ccc(C(C)(C)C)cc2-c2ccc3c(ccc4cc(-c5cc(C(C)(C)C)ccc5-c5ccc(C(C)(C)C)cc5)ccc43)c2)cc1. The fraction of sp³-hybridized carbons (Fsp3) is 0.296. The van der Waals surface area contributed by atoms with Crippen LogP contribution in [0.4, 0.5) is 0 Å². The predicted octanol–water partition coefficient (Wildman–Crippen LogP) is 15.9. The van der Waals surface area contributed by atoms with E-state index in [1.807, 2.05) is 0 Å². The monoisotopic (exact) mass is 706 g/mol. The van der Waals surface area contributed by atoms with Crippen LogP contribution in [0, 0.1) is 0 Å². The standard InChI is InChI=1S/C54H58/c1-51(2,3)41-21-15-35(16-22-41)45-29-25-43(53(7,8)9)33-49(45)39-19-27-47-37(31-39)13-14-38-32-40(20-28-48(38)47)50-34-44(54(10,11)12)26-30-46(50)36-17-23-42(24-18-36)52(4,5)6/h13-34H,1-12H3. The van der Waals surface area contributed by atoms with Crippen LogP contribution in [-0.2, 0) is 21.7 Å². The Balaban J connectivity index is 1.33.